The van der Waals surface area contributed by atoms with Crippen molar-refractivity contribution in [1.29, 1.82) is 0 Å². The van der Waals surface area contributed by atoms with Crippen LogP contribution in [-0.2, 0) is 50.2 Å². The van der Waals surface area contributed by atoms with E-state index in [1.54, 1.807) is 15.5 Å². The second-order valence-corrected chi connectivity index (χ2v) is 13.3. The van der Waals surface area contributed by atoms with E-state index < -0.39 is 28.8 Å². The third-order valence-corrected chi connectivity index (χ3v) is 10.1. The first kappa shape index (κ1) is 34.1. The average Bonchev–Trinajstić information content (AvgIpc) is 3.76. The minimum absolute atomic E-state index is 0.00392. The van der Waals surface area contributed by atoms with Gasteiger partial charge < -0.3 is 33.6 Å². The molecule has 2 aromatic carbocycles. The van der Waals surface area contributed by atoms with Crippen LogP contribution in [0.1, 0.15) is 35.6 Å². The Morgan fingerprint density at radius 2 is 1.77 bits per heavy atom. The highest BCUT2D eigenvalue weighted by Crippen LogP contribution is 2.41. The van der Waals surface area contributed by atoms with E-state index >= 15 is 0 Å². The molecule has 0 atom stereocenters. The van der Waals surface area contributed by atoms with Gasteiger partial charge in [0.05, 0.1) is 41.7 Å². The SMILES string of the molecule is O=C(Cn1c2c(c(=O)n3nc(N4CCOCC4)nc13)C1(CCN(C(=O)Cc3nc4ccccc4o3)CC1)OCC2)Nc1ccc(C(F)(F)F)cc1Cl. The molecule has 1 spiro atoms. The zero-order valence-corrected chi connectivity index (χ0v) is 28.4. The number of hydrogen-bond acceptors (Lipinski definition) is 10. The van der Waals surface area contributed by atoms with Gasteiger partial charge in [0.2, 0.25) is 29.4 Å². The molecule has 0 aliphatic carbocycles. The highest BCUT2D eigenvalue weighted by Gasteiger charge is 2.46. The summed E-state index contributed by atoms with van der Waals surface area (Å²) < 4.78 is 60.1. The molecule has 3 aromatic heterocycles. The third kappa shape index (κ3) is 6.26. The highest BCUT2D eigenvalue weighted by molar-refractivity contribution is 6.33. The average molecular weight is 741 g/mol. The number of fused-ring (bicyclic) bond motifs is 4. The number of piperidine rings is 1. The van der Waals surface area contributed by atoms with Crippen molar-refractivity contribution in [3.63, 3.8) is 0 Å². The summed E-state index contributed by atoms with van der Waals surface area (Å²) in [5.41, 5.74) is -0.345. The number of alkyl halides is 3. The Kier molecular flexibility index (Phi) is 8.66. The Balaban J connectivity index is 1.10. The highest BCUT2D eigenvalue weighted by atomic mass is 35.5. The van der Waals surface area contributed by atoms with E-state index in [0.29, 0.717) is 80.5 Å². The first-order chi connectivity index (χ1) is 25.0. The lowest BCUT2D eigenvalue weighted by Crippen LogP contribution is -2.52. The van der Waals surface area contributed by atoms with Crippen molar-refractivity contribution >= 4 is 51.9 Å². The van der Waals surface area contributed by atoms with Crippen molar-refractivity contribution in [3.05, 3.63) is 80.6 Å². The van der Waals surface area contributed by atoms with Gasteiger partial charge in [0.25, 0.3) is 5.56 Å². The second kappa shape index (κ2) is 13.2. The molecule has 3 aliphatic rings. The molecule has 6 heterocycles. The smallest absolute Gasteiger partial charge is 0.416 e. The standard InChI is InChI=1S/C34H32ClF3N8O6/c35-21-17-20(34(36,37)38)5-6-22(21)39-26(47)19-45-24-7-14-51-33(29(24)30(49)46-32(45)41-31(42-46)44-12-15-50-16-13-44)8-10-43(11-9-33)28(48)18-27-40-23-3-1-2-4-25(23)52-27/h1-6,17H,7-16,18-19H2,(H,39,47). The van der Waals surface area contributed by atoms with Crippen LogP contribution in [0.3, 0.4) is 0 Å². The summed E-state index contributed by atoms with van der Waals surface area (Å²) in [5, 5.41) is 6.90. The van der Waals surface area contributed by atoms with Crippen LogP contribution in [0.5, 0.6) is 0 Å². The summed E-state index contributed by atoms with van der Waals surface area (Å²) in [7, 11) is 0. The van der Waals surface area contributed by atoms with Gasteiger partial charge in [-0.05, 0) is 43.2 Å². The lowest BCUT2D eigenvalue weighted by Gasteiger charge is -2.44. The molecule has 0 radical (unpaired) electrons. The van der Waals surface area contributed by atoms with Crippen LogP contribution in [0.2, 0.25) is 5.02 Å². The van der Waals surface area contributed by atoms with Gasteiger partial charge in [0.15, 0.2) is 5.58 Å². The molecule has 0 saturated carbocycles. The van der Waals surface area contributed by atoms with Crippen LogP contribution in [0, 0.1) is 0 Å². The van der Waals surface area contributed by atoms with E-state index in [-0.39, 0.29) is 54.3 Å². The number of ether oxygens (including phenoxy) is 2. The molecule has 0 unspecified atom stereocenters. The van der Waals surface area contributed by atoms with Crippen molar-refractivity contribution in [1.82, 2.24) is 29.0 Å². The van der Waals surface area contributed by atoms with Gasteiger partial charge >= 0.3 is 6.18 Å². The summed E-state index contributed by atoms with van der Waals surface area (Å²) in [5.74, 6) is -0.0471. The second-order valence-electron chi connectivity index (χ2n) is 12.9. The lowest BCUT2D eigenvalue weighted by atomic mass is 9.81. The Morgan fingerprint density at radius 3 is 2.50 bits per heavy atom. The molecule has 18 heteroatoms. The maximum atomic E-state index is 14.4. The number of carbonyl (C=O) groups is 2. The molecule has 2 saturated heterocycles. The molecule has 1 N–H and O–H groups in total. The topological polar surface area (TPSA) is 149 Å². The molecule has 3 aliphatic heterocycles. The number of benzene rings is 2. The predicted octanol–water partition coefficient (Wildman–Crippen LogP) is 3.81. The number of rotatable bonds is 6. The van der Waals surface area contributed by atoms with Crippen LogP contribution in [-0.4, -0.2) is 86.9 Å². The molecule has 8 rings (SSSR count). The van der Waals surface area contributed by atoms with E-state index in [0.717, 1.165) is 18.2 Å². The fraction of sp³-hybridized carbons (Fsp3) is 0.412. The number of carbonyl (C=O) groups excluding carboxylic acids is 2. The fourth-order valence-corrected chi connectivity index (χ4v) is 7.39. The molecule has 272 valence electrons. The summed E-state index contributed by atoms with van der Waals surface area (Å²) >= 11 is 6.14. The Bertz CT molecular complexity index is 2220. The van der Waals surface area contributed by atoms with Crippen molar-refractivity contribution < 1.29 is 36.7 Å². The van der Waals surface area contributed by atoms with Crippen LogP contribution in [0.15, 0.2) is 51.7 Å². The predicted molar refractivity (Wildman–Crippen MR) is 180 cm³/mol. The molecule has 0 bridgehead atoms. The van der Waals surface area contributed by atoms with E-state index in [9.17, 15) is 27.6 Å². The number of hydrogen-bond donors (Lipinski definition) is 1. The van der Waals surface area contributed by atoms with Gasteiger partial charge in [-0.1, -0.05) is 23.7 Å². The molecular weight excluding hydrogens is 709 g/mol. The van der Waals surface area contributed by atoms with Crippen molar-refractivity contribution in [2.45, 2.75) is 44.0 Å². The number of morpholine rings is 1. The number of aromatic nitrogens is 5. The Morgan fingerprint density at radius 1 is 1.00 bits per heavy atom. The first-order valence-corrected chi connectivity index (χ1v) is 17.2. The summed E-state index contributed by atoms with van der Waals surface area (Å²) in [6.07, 6.45) is -3.74. The third-order valence-electron chi connectivity index (χ3n) is 9.74. The van der Waals surface area contributed by atoms with Gasteiger partial charge in [-0.3, -0.25) is 14.4 Å². The van der Waals surface area contributed by atoms with Gasteiger partial charge in [0.1, 0.15) is 24.1 Å². The molecule has 14 nitrogen and oxygen atoms in total. The normalized spacial score (nSPS) is 17.5. The van der Waals surface area contributed by atoms with E-state index in [1.165, 1.54) is 4.52 Å². The van der Waals surface area contributed by atoms with Crippen LogP contribution in [0.4, 0.5) is 24.8 Å². The first-order valence-electron chi connectivity index (χ1n) is 16.8. The minimum Gasteiger partial charge on any atom is -0.440 e. The molecular formula is C34H32ClF3N8O6. The largest absolute Gasteiger partial charge is 0.440 e. The maximum absolute atomic E-state index is 14.4. The minimum atomic E-state index is -4.61. The monoisotopic (exact) mass is 740 g/mol. The van der Waals surface area contributed by atoms with Gasteiger partial charge in [-0.25, -0.2) is 4.98 Å². The number of likely N-dealkylation sites (tertiary alicyclic amines) is 1. The number of oxazole rings is 1. The van der Waals surface area contributed by atoms with Crippen molar-refractivity contribution in [2.24, 2.45) is 0 Å². The number of halogens is 4. The summed E-state index contributed by atoms with van der Waals surface area (Å²) in [6.45, 7) is 2.36. The molecule has 52 heavy (non-hydrogen) atoms. The zero-order valence-electron chi connectivity index (χ0n) is 27.6. The van der Waals surface area contributed by atoms with E-state index in [4.69, 9.17) is 30.5 Å². The van der Waals surface area contributed by atoms with Crippen LogP contribution in [0.25, 0.3) is 16.9 Å². The van der Waals surface area contributed by atoms with Gasteiger partial charge in [-0.2, -0.15) is 22.7 Å². The quantitative estimate of drug-likeness (QED) is 0.273. The van der Waals surface area contributed by atoms with Crippen LogP contribution >= 0.6 is 11.6 Å². The number of amides is 2. The van der Waals surface area contributed by atoms with Crippen molar-refractivity contribution in [3.8, 4) is 0 Å². The molecule has 5 aromatic rings. The molecule has 2 fully saturated rings. The Labute approximate surface area is 298 Å². The van der Waals surface area contributed by atoms with E-state index in [1.807, 2.05) is 23.1 Å². The lowest BCUT2D eigenvalue weighted by molar-refractivity contribution is -0.141. The fourth-order valence-electron chi connectivity index (χ4n) is 7.16. The maximum Gasteiger partial charge on any atom is 0.416 e. The van der Waals surface area contributed by atoms with E-state index in [2.05, 4.69) is 15.4 Å². The van der Waals surface area contributed by atoms with Crippen LogP contribution < -0.4 is 15.8 Å². The number of nitrogens with one attached hydrogen (secondary N) is 1. The zero-order chi connectivity index (χ0) is 36.2. The summed E-state index contributed by atoms with van der Waals surface area (Å²) in [4.78, 5) is 54.0. The van der Waals surface area contributed by atoms with Gasteiger partial charge in [-0.15, -0.1) is 5.10 Å². The number of para-hydroxylation sites is 2. The van der Waals surface area contributed by atoms with Crippen molar-refractivity contribution in [2.75, 3.05) is 56.2 Å². The summed E-state index contributed by atoms with van der Waals surface area (Å²) in [6, 6.07) is 9.94. The number of anilines is 2. The Hall–Kier alpha value is -5.00. The van der Waals surface area contributed by atoms with Gasteiger partial charge in [0, 0.05) is 38.3 Å². The molecule has 2 amide bonds. The number of nitrogens with zero attached hydrogens (tertiary/aromatic N) is 7.